The van der Waals surface area contributed by atoms with Crippen LogP contribution in [0.15, 0.2) is 18.7 Å². The third-order valence-electron chi connectivity index (χ3n) is 1.38. The van der Waals surface area contributed by atoms with Gasteiger partial charge >= 0.3 is 0 Å². The molecule has 0 saturated carbocycles. The van der Waals surface area contributed by atoms with Gasteiger partial charge in [0.2, 0.25) is 0 Å². The molecule has 0 spiro atoms. The highest BCUT2D eigenvalue weighted by Crippen LogP contribution is 2.13. The van der Waals surface area contributed by atoms with Crippen LogP contribution in [0.3, 0.4) is 0 Å². The summed E-state index contributed by atoms with van der Waals surface area (Å²) in [5.74, 6) is 0. The maximum atomic E-state index is 10.4. The van der Waals surface area contributed by atoms with Gasteiger partial charge in [-0.1, -0.05) is 6.58 Å². The van der Waals surface area contributed by atoms with E-state index in [0.29, 0.717) is 11.4 Å². The predicted molar refractivity (Wildman–Crippen MR) is 45.7 cm³/mol. The molecule has 1 aromatic rings. The van der Waals surface area contributed by atoms with Gasteiger partial charge in [-0.05, 0) is 13.0 Å². The van der Waals surface area contributed by atoms with E-state index in [-0.39, 0.29) is 5.69 Å². The third-order valence-corrected chi connectivity index (χ3v) is 1.38. The molecule has 0 amide bonds. The van der Waals surface area contributed by atoms with E-state index >= 15 is 0 Å². The Kier molecular flexibility index (Phi) is 2.19. The second-order valence-electron chi connectivity index (χ2n) is 2.35. The second kappa shape index (κ2) is 3.13. The Hall–Kier alpha value is -1.71. The molecule has 4 heteroatoms. The van der Waals surface area contributed by atoms with Gasteiger partial charge in [0.15, 0.2) is 0 Å². The van der Waals surface area contributed by atoms with Crippen molar-refractivity contribution in [3.63, 3.8) is 0 Å². The summed E-state index contributed by atoms with van der Waals surface area (Å²) in [7, 11) is 0. The molecule has 62 valence electrons. The zero-order chi connectivity index (χ0) is 9.14. The molecule has 0 aliphatic rings. The van der Waals surface area contributed by atoms with Gasteiger partial charge in [-0.25, -0.2) is 0 Å². The summed E-state index contributed by atoms with van der Waals surface area (Å²) in [5, 5.41) is 10.4. The lowest BCUT2D eigenvalue weighted by molar-refractivity contribution is -0.385. The number of rotatable bonds is 2. The lowest BCUT2D eigenvalue weighted by atomic mass is 10.3. The van der Waals surface area contributed by atoms with Crippen molar-refractivity contribution < 1.29 is 4.92 Å². The summed E-state index contributed by atoms with van der Waals surface area (Å²) in [6.07, 6.45) is 1.49. The first-order valence-corrected chi connectivity index (χ1v) is 3.39. The average Bonchev–Trinajstić information content (AvgIpc) is 2.03. The molecule has 0 aliphatic heterocycles. The maximum Gasteiger partial charge on any atom is 0.273 e. The van der Waals surface area contributed by atoms with Crippen LogP contribution in [0, 0.1) is 17.0 Å². The van der Waals surface area contributed by atoms with Crippen LogP contribution in [0.4, 0.5) is 5.69 Å². The number of aryl methyl sites for hydroxylation is 1. The van der Waals surface area contributed by atoms with E-state index in [2.05, 4.69) is 11.6 Å². The largest absolute Gasteiger partial charge is 0.273 e. The van der Waals surface area contributed by atoms with Gasteiger partial charge in [-0.15, -0.1) is 0 Å². The molecule has 1 heterocycles. The van der Waals surface area contributed by atoms with Crippen molar-refractivity contribution in [1.82, 2.24) is 4.98 Å². The minimum absolute atomic E-state index is 0.0531. The van der Waals surface area contributed by atoms with Crippen LogP contribution in [-0.4, -0.2) is 9.91 Å². The van der Waals surface area contributed by atoms with Gasteiger partial charge in [-0.3, -0.25) is 15.1 Å². The highest BCUT2D eigenvalue weighted by atomic mass is 16.6. The molecule has 0 unspecified atom stereocenters. The lowest BCUT2D eigenvalue weighted by Crippen LogP contribution is -1.92. The zero-order valence-electron chi connectivity index (χ0n) is 6.65. The number of hydrogen-bond acceptors (Lipinski definition) is 3. The maximum absolute atomic E-state index is 10.4. The summed E-state index contributed by atoms with van der Waals surface area (Å²) in [5.41, 5.74) is 1.21. The Morgan fingerprint density at radius 3 is 2.83 bits per heavy atom. The highest BCUT2D eigenvalue weighted by Gasteiger charge is 2.06. The smallest absolute Gasteiger partial charge is 0.258 e. The molecule has 0 atom stereocenters. The molecule has 4 nitrogen and oxygen atoms in total. The van der Waals surface area contributed by atoms with Crippen molar-refractivity contribution in [2.75, 3.05) is 0 Å². The van der Waals surface area contributed by atoms with E-state index in [1.54, 1.807) is 6.92 Å². The van der Waals surface area contributed by atoms with Gasteiger partial charge in [0.1, 0.15) is 0 Å². The monoisotopic (exact) mass is 164 g/mol. The van der Waals surface area contributed by atoms with E-state index in [1.165, 1.54) is 18.2 Å². The predicted octanol–water partition coefficient (Wildman–Crippen LogP) is 1.94. The molecule has 0 aliphatic carbocycles. The van der Waals surface area contributed by atoms with Crippen molar-refractivity contribution in [2.24, 2.45) is 0 Å². The summed E-state index contributed by atoms with van der Waals surface area (Å²) >= 11 is 0. The molecule has 0 bridgehead atoms. The van der Waals surface area contributed by atoms with Gasteiger partial charge < -0.3 is 0 Å². The normalized spacial score (nSPS) is 9.42. The van der Waals surface area contributed by atoms with Crippen molar-refractivity contribution >= 4 is 11.8 Å². The lowest BCUT2D eigenvalue weighted by Gasteiger charge is -1.95. The average molecular weight is 164 g/mol. The topological polar surface area (TPSA) is 56.0 Å². The Morgan fingerprint density at radius 1 is 1.67 bits per heavy atom. The van der Waals surface area contributed by atoms with Gasteiger partial charge in [-0.2, -0.15) is 0 Å². The van der Waals surface area contributed by atoms with Crippen molar-refractivity contribution in [1.29, 1.82) is 0 Å². The summed E-state index contributed by atoms with van der Waals surface area (Å²) in [6, 6.07) is 2.81. The van der Waals surface area contributed by atoms with Gasteiger partial charge in [0.25, 0.3) is 5.69 Å². The molecular formula is C8H8N2O2. The Labute approximate surface area is 69.7 Å². The highest BCUT2D eigenvalue weighted by molar-refractivity contribution is 5.47. The van der Waals surface area contributed by atoms with E-state index in [4.69, 9.17) is 0 Å². The van der Waals surface area contributed by atoms with Crippen molar-refractivity contribution in [2.45, 2.75) is 6.92 Å². The Bertz CT molecular complexity index is 334. The standard InChI is InChI=1S/C8H8N2O2/c1-3-7-5-8(10(11)12)4-6(2)9-7/h3-5H,1H2,2H3. The fourth-order valence-corrected chi connectivity index (χ4v) is 0.885. The fourth-order valence-electron chi connectivity index (χ4n) is 0.885. The molecule has 1 rings (SSSR count). The van der Waals surface area contributed by atoms with Crippen molar-refractivity contribution in [3.8, 4) is 0 Å². The molecule has 0 fully saturated rings. The summed E-state index contributed by atoms with van der Waals surface area (Å²) in [4.78, 5) is 13.9. The Balaban J connectivity index is 3.23. The number of nitrogens with zero attached hydrogens (tertiary/aromatic N) is 2. The van der Waals surface area contributed by atoms with E-state index in [0.717, 1.165) is 0 Å². The summed E-state index contributed by atoms with van der Waals surface area (Å²) < 4.78 is 0. The molecule has 0 N–H and O–H groups in total. The van der Waals surface area contributed by atoms with E-state index in [1.807, 2.05) is 0 Å². The van der Waals surface area contributed by atoms with E-state index in [9.17, 15) is 10.1 Å². The molecule has 0 aromatic carbocycles. The first kappa shape index (κ1) is 8.39. The van der Waals surface area contributed by atoms with E-state index < -0.39 is 4.92 Å². The number of aromatic nitrogens is 1. The first-order valence-electron chi connectivity index (χ1n) is 3.39. The van der Waals surface area contributed by atoms with Crippen LogP contribution in [0.25, 0.3) is 6.08 Å². The molecule has 12 heavy (non-hydrogen) atoms. The summed E-state index contributed by atoms with van der Waals surface area (Å²) in [6.45, 7) is 5.20. The van der Waals surface area contributed by atoms with Crippen LogP contribution in [0.2, 0.25) is 0 Å². The number of hydrogen-bond donors (Lipinski definition) is 0. The minimum atomic E-state index is -0.443. The van der Waals surface area contributed by atoms with Crippen molar-refractivity contribution in [3.05, 3.63) is 40.2 Å². The van der Waals surface area contributed by atoms with Crippen LogP contribution >= 0.6 is 0 Å². The van der Waals surface area contributed by atoms with Gasteiger partial charge in [0.05, 0.1) is 10.6 Å². The minimum Gasteiger partial charge on any atom is -0.258 e. The molecule has 1 aromatic heterocycles. The molecule has 0 radical (unpaired) electrons. The fraction of sp³-hybridized carbons (Fsp3) is 0.125. The van der Waals surface area contributed by atoms with Crippen LogP contribution < -0.4 is 0 Å². The molecule has 0 saturated heterocycles. The number of pyridine rings is 1. The third kappa shape index (κ3) is 1.66. The number of nitro groups is 1. The Morgan fingerprint density at radius 2 is 2.33 bits per heavy atom. The van der Waals surface area contributed by atoms with Crippen LogP contribution in [0.1, 0.15) is 11.4 Å². The SMILES string of the molecule is C=Cc1cc([N+](=O)[O-])cc(C)n1. The van der Waals surface area contributed by atoms with Crippen LogP contribution in [0.5, 0.6) is 0 Å². The quantitative estimate of drug-likeness (QED) is 0.495. The molecular weight excluding hydrogens is 156 g/mol. The second-order valence-corrected chi connectivity index (χ2v) is 2.35. The van der Waals surface area contributed by atoms with Gasteiger partial charge in [0, 0.05) is 17.8 Å². The zero-order valence-corrected chi connectivity index (χ0v) is 6.65. The first-order chi connectivity index (χ1) is 5.63. The van der Waals surface area contributed by atoms with Crippen LogP contribution in [-0.2, 0) is 0 Å².